The summed E-state index contributed by atoms with van der Waals surface area (Å²) in [4.78, 5) is 12.1. The number of halogens is 1. The van der Waals surface area contributed by atoms with Gasteiger partial charge in [-0.1, -0.05) is 0 Å². The maximum absolute atomic E-state index is 13.8. The monoisotopic (exact) mass is 298 g/mol. The lowest BCUT2D eigenvalue weighted by atomic mass is 10.1. The molecule has 1 aliphatic heterocycles. The smallest absolute Gasteiger partial charge is 0.258 e. The van der Waals surface area contributed by atoms with Crippen molar-refractivity contribution in [1.82, 2.24) is 0 Å². The first-order valence-electron chi connectivity index (χ1n) is 6.58. The molecule has 2 aromatic carbocycles. The summed E-state index contributed by atoms with van der Waals surface area (Å²) in [6.07, 6.45) is 0. The number of ether oxygens (including phenoxy) is 2. The lowest BCUT2D eigenvalue weighted by Crippen LogP contribution is -2.17. The standard InChI is InChI=1S/C16H11FN2O3/c17-13-7-10(9-18)1-3-12(13)16(20)19-11-2-4-14-15(8-11)22-6-5-21-14/h1-4,7-8H,5-6H2,(H,19,20). The van der Waals surface area contributed by atoms with Gasteiger partial charge in [0.15, 0.2) is 11.5 Å². The van der Waals surface area contributed by atoms with E-state index >= 15 is 0 Å². The highest BCUT2D eigenvalue weighted by Crippen LogP contribution is 2.32. The second-order valence-corrected chi connectivity index (χ2v) is 4.62. The molecule has 1 amide bonds. The van der Waals surface area contributed by atoms with Gasteiger partial charge in [0.25, 0.3) is 5.91 Å². The molecule has 2 aromatic rings. The van der Waals surface area contributed by atoms with Gasteiger partial charge >= 0.3 is 0 Å². The quantitative estimate of drug-likeness (QED) is 0.925. The largest absolute Gasteiger partial charge is 0.486 e. The van der Waals surface area contributed by atoms with Crippen LogP contribution in [0.2, 0.25) is 0 Å². The van der Waals surface area contributed by atoms with E-state index in [2.05, 4.69) is 5.32 Å². The van der Waals surface area contributed by atoms with Crippen LogP contribution in [-0.4, -0.2) is 19.1 Å². The van der Waals surface area contributed by atoms with Crippen molar-refractivity contribution in [3.05, 3.63) is 53.3 Å². The Bertz CT molecular complexity index is 783. The molecule has 0 spiro atoms. The molecule has 0 aromatic heterocycles. The summed E-state index contributed by atoms with van der Waals surface area (Å²) >= 11 is 0. The summed E-state index contributed by atoms with van der Waals surface area (Å²) in [6.45, 7) is 0.920. The number of nitrogens with one attached hydrogen (secondary N) is 1. The van der Waals surface area contributed by atoms with E-state index in [1.54, 1.807) is 18.2 Å². The van der Waals surface area contributed by atoms with E-state index in [0.717, 1.165) is 6.07 Å². The van der Waals surface area contributed by atoms with Gasteiger partial charge in [-0.05, 0) is 30.3 Å². The molecule has 0 saturated carbocycles. The number of rotatable bonds is 2. The number of hydrogen-bond acceptors (Lipinski definition) is 4. The van der Waals surface area contributed by atoms with Crippen LogP contribution in [0.25, 0.3) is 0 Å². The predicted octanol–water partition coefficient (Wildman–Crippen LogP) is 2.72. The van der Waals surface area contributed by atoms with Crippen molar-refractivity contribution < 1.29 is 18.7 Å². The van der Waals surface area contributed by atoms with Crippen LogP contribution in [0.1, 0.15) is 15.9 Å². The van der Waals surface area contributed by atoms with Crippen molar-refractivity contribution in [2.24, 2.45) is 0 Å². The molecule has 1 aliphatic rings. The van der Waals surface area contributed by atoms with Crippen LogP contribution in [-0.2, 0) is 0 Å². The minimum Gasteiger partial charge on any atom is -0.486 e. The number of benzene rings is 2. The van der Waals surface area contributed by atoms with Crippen LogP contribution in [0, 0.1) is 17.1 Å². The Labute approximate surface area is 125 Å². The van der Waals surface area contributed by atoms with Gasteiger partial charge in [0.05, 0.1) is 17.2 Å². The van der Waals surface area contributed by atoms with Crippen LogP contribution >= 0.6 is 0 Å². The maximum atomic E-state index is 13.8. The van der Waals surface area contributed by atoms with Crippen molar-refractivity contribution in [1.29, 1.82) is 5.26 Å². The molecule has 22 heavy (non-hydrogen) atoms. The third-order valence-electron chi connectivity index (χ3n) is 3.14. The molecule has 0 aliphatic carbocycles. The van der Waals surface area contributed by atoms with Crippen molar-refractivity contribution in [2.75, 3.05) is 18.5 Å². The molecule has 6 heteroatoms. The van der Waals surface area contributed by atoms with E-state index in [1.165, 1.54) is 12.1 Å². The zero-order chi connectivity index (χ0) is 15.5. The lowest BCUT2D eigenvalue weighted by Gasteiger charge is -2.19. The lowest BCUT2D eigenvalue weighted by molar-refractivity contribution is 0.102. The van der Waals surface area contributed by atoms with Gasteiger partial charge in [-0.25, -0.2) is 4.39 Å². The number of carbonyl (C=O) groups is 1. The Morgan fingerprint density at radius 3 is 2.64 bits per heavy atom. The Balaban J connectivity index is 1.81. The second-order valence-electron chi connectivity index (χ2n) is 4.62. The number of carbonyl (C=O) groups excluding carboxylic acids is 1. The summed E-state index contributed by atoms with van der Waals surface area (Å²) < 4.78 is 24.6. The number of hydrogen-bond donors (Lipinski definition) is 1. The molecular formula is C16H11FN2O3. The van der Waals surface area contributed by atoms with Gasteiger partial charge in [-0.3, -0.25) is 4.79 Å². The zero-order valence-corrected chi connectivity index (χ0v) is 11.4. The fourth-order valence-corrected chi connectivity index (χ4v) is 2.09. The molecule has 110 valence electrons. The number of fused-ring (bicyclic) bond motifs is 1. The summed E-state index contributed by atoms with van der Waals surface area (Å²) in [5.74, 6) is -0.203. The van der Waals surface area contributed by atoms with Crippen LogP contribution in [0.15, 0.2) is 36.4 Å². The third-order valence-corrected chi connectivity index (χ3v) is 3.14. The highest BCUT2D eigenvalue weighted by Gasteiger charge is 2.15. The first-order valence-corrected chi connectivity index (χ1v) is 6.58. The minimum atomic E-state index is -0.742. The first kappa shape index (κ1) is 13.9. The molecule has 1 heterocycles. The fourth-order valence-electron chi connectivity index (χ4n) is 2.09. The molecule has 5 nitrogen and oxygen atoms in total. The Hall–Kier alpha value is -3.07. The van der Waals surface area contributed by atoms with Gasteiger partial charge in [-0.2, -0.15) is 5.26 Å². The third kappa shape index (κ3) is 2.69. The van der Waals surface area contributed by atoms with Crippen LogP contribution < -0.4 is 14.8 Å². The average Bonchev–Trinajstić information content (AvgIpc) is 2.54. The van der Waals surface area contributed by atoms with Gasteiger partial charge in [0.2, 0.25) is 0 Å². The average molecular weight is 298 g/mol. The van der Waals surface area contributed by atoms with E-state index in [4.69, 9.17) is 14.7 Å². The van der Waals surface area contributed by atoms with Gasteiger partial charge in [0.1, 0.15) is 19.0 Å². The highest BCUT2D eigenvalue weighted by molar-refractivity contribution is 6.04. The van der Waals surface area contributed by atoms with Crippen molar-refractivity contribution in [3.63, 3.8) is 0 Å². The van der Waals surface area contributed by atoms with Crippen molar-refractivity contribution >= 4 is 11.6 Å². The van der Waals surface area contributed by atoms with E-state index in [0.29, 0.717) is 30.4 Å². The second kappa shape index (κ2) is 5.74. The van der Waals surface area contributed by atoms with Gasteiger partial charge in [0, 0.05) is 11.8 Å². The van der Waals surface area contributed by atoms with Crippen LogP contribution in [0.5, 0.6) is 11.5 Å². The van der Waals surface area contributed by atoms with Gasteiger partial charge < -0.3 is 14.8 Å². The number of nitriles is 1. The molecule has 3 rings (SSSR count). The van der Waals surface area contributed by atoms with Crippen molar-refractivity contribution in [2.45, 2.75) is 0 Å². The zero-order valence-electron chi connectivity index (χ0n) is 11.4. The Morgan fingerprint density at radius 1 is 1.14 bits per heavy atom. The molecule has 0 unspecified atom stereocenters. The summed E-state index contributed by atoms with van der Waals surface area (Å²) in [6, 6.07) is 10.5. The van der Waals surface area contributed by atoms with E-state index in [-0.39, 0.29) is 11.1 Å². The van der Waals surface area contributed by atoms with Gasteiger partial charge in [-0.15, -0.1) is 0 Å². The fraction of sp³-hybridized carbons (Fsp3) is 0.125. The molecule has 0 radical (unpaired) electrons. The predicted molar refractivity (Wildman–Crippen MR) is 76.5 cm³/mol. The Kier molecular flexibility index (Phi) is 3.62. The molecule has 1 N–H and O–H groups in total. The normalized spacial score (nSPS) is 12.4. The summed E-state index contributed by atoms with van der Waals surface area (Å²) in [5, 5.41) is 11.3. The topological polar surface area (TPSA) is 71.4 Å². The summed E-state index contributed by atoms with van der Waals surface area (Å²) in [5.41, 5.74) is 0.500. The van der Waals surface area contributed by atoms with Crippen LogP contribution in [0.3, 0.4) is 0 Å². The molecule has 0 fully saturated rings. The van der Waals surface area contributed by atoms with E-state index < -0.39 is 11.7 Å². The van der Waals surface area contributed by atoms with Crippen molar-refractivity contribution in [3.8, 4) is 17.6 Å². The van der Waals surface area contributed by atoms with E-state index in [9.17, 15) is 9.18 Å². The number of anilines is 1. The summed E-state index contributed by atoms with van der Waals surface area (Å²) in [7, 11) is 0. The van der Waals surface area contributed by atoms with Crippen LogP contribution in [0.4, 0.5) is 10.1 Å². The molecule has 0 atom stereocenters. The maximum Gasteiger partial charge on any atom is 0.258 e. The molecular weight excluding hydrogens is 287 g/mol. The SMILES string of the molecule is N#Cc1ccc(C(=O)Nc2ccc3c(c2)OCCO3)c(F)c1. The number of amides is 1. The first-order chi connectivity index (χ1) is 10.7. The Morgan fingerprint density at radius 2 is 1.91 bits per heavy atom. The minimum absolute atomic E-state index is 0.131. The molecule has 0 saturated heterocycles. The number of nitrogens with zero attached hydrogens (tertiary/aromatic N) is 1. The highest BCUT2D eigenvalue weighted by atomic mass is 19.1. The van der Waals surface area contributed by atoms with E-state index in [1.807, 2.05) is 6.07 Å². The molecule has 0 bridgehead atoms.